The Morgan fingerprint density at radius 3 is 1.61 bits per heavy atom. The molecule has 4 N–H and O–H groups in total. The van der Waals surface area contributed by atoms with Crippen molar-refractivity contribution in [1.29, 1.82) is 0 Å². The van der Waals surface area contributed by atoms with E-state index in [1.165, 1.54) is 89.9 Å². The van der Waals surface area contributed by atoms with Crippen molar-refractivity contribution in [2.24, 2.45) is 0 Å². The average molecular weight is 761 g/mol. The number of carbonyl (C=O) groups excluding carboxylic acids is 3. The molecule has 0 aliphatic heterocycles. The molecule has 0 bridgehead atoms. The fourth-order valence-electron chi connectivity index (χ4n) is 6.18. The number of aliphatic hydroxyl groups excluding tert-OH is 1. The van der Waals surface area contributed by atoms with Gasteiger partial charge < -0.3 is 25.6 Å². The van der Waals surface area contributed by atoms with Gasteiger partial charge in [0.2, 0.25) is 11.8 Å². The molecule has 0 saturated carbocycles. The van der Waals surface area contributed by atoms with Crippen LogP contribution in [0.15, 0.2) is 36.5 Å². The van der Waals surface area contributed by atoms with Gasteiger partial charge in [-0.3, -0.25) is 14.4 Å². The minimum Gasteiger partial charge on any atom is -0.480 e. The number of rotatable bonds is 39. The van der Waals surface area contributed by atoms with Crippen LogP contribution in [0.3, 0.4) is 0 Å². The number of aliphatic hydroxyl groups is 1. The molecule has 0 aromatic heterocycles. The highest BCUT2D eigenvalue weighted by Crippen LogP contribution is 2.16. The van der Waals surface area contributed by atoms with E-state index in [0.717, 1.165) is 77.0 Å². The van der Waals surface area contributed by atoms with E-state index in [-0.39, 0.29) is 24.5 Å². The van der Waals surface area contributed by atoms with Crippen LogP contribution in [0.5, 0.6) is 0 Å². The maximum absolute atomic E-state index is 12.7. The summed E-state index contributed by atoms with van der Waals surface area (Å²) in [4.78, 5) is 47.4. The van der Waals surface area contributed by atoms with Crippen molar-refractivity contribution in [3.8, 4) is 0 Å². The molecule has 54 heavy (non-hydrogen) atoms. The second-order valence-electron chi connectivity index (χ2n) is 14.8. The van der Waals surface area contributed by atoms with E-state index in [1.807, 2.05) is 0 Å². The number of carboxylic acid groups (broad SMARTS) is 1. The molecule has 2 unspecified atom stereocenters. The number of ether oxygens (including phenoxy) is 1. The monoisotopic (exact) mass is 761 g/mol. The first kappa shape index (κ1) is 51.1. The molecule has 0 spiro atoms. The third-order valence-electron chi connectivity index (χ3n) is 9.59. The summed E-state index contributed by atoms with van der Waals surface area (Å²) in [5, 5.41) is 22.5. The van der Waals surface area contributed by atoms with Gasteiger partial charge in [-0.15, -0.1) is 0 Å². The lowest BCUT2D eigenvalue weighted by Crippen LogP contribution is -2.47. The summed E-state index contributed by atoms with van der Waals surface area (Å²) < 4.78 is 5.94. The highest BCUT2D eigenvalue weighted by atomic mass is 16.5. The van der Waals surface area contributed by atoms with Crippen LogP contribution < -0.4 is 10.6 Å². The standard InChI is InChI=1S/C45H80N2O7/c1-3-5-7-9-11-13-14-15-16-17-18-19-21-23-29-33-37-44(51)54-40(34-30-26-22-20-12-10-8-6-4-2)35-31-27-24-25-28-32-36-42(49)46-38-43(50)47-41(39-48)45(52)53/h13-14,16-17,30,34,40-41,48H,3-12,15,18-29,31-33,35-39H2,1-2H3,(H,46,49)(H,47,50)(H,52,53)/b14-13-,17-16-,34-30-. The Morgan fingerprint density at radius 1 is 0.574 bits per heavy atom. The zero-order valence-electron chi connectivity index (χ0n) is 34.5. The van der Waals surface area contributed by atoms with Crippen LogP contribution in [0.1, 0.15) is 200 Å². The largest absolute Gasteiger partial charge is 0.480 e. The van der Waals surface area contributed by atoms with Gasteiger partial charge in [-0.1, -0.05) is 147 Å². The first-order valence-electron chi connectivity index (χ1n) is 21.9. The van der Waals surface area contributed by atoms with Crippen LogP contribution >= 0.6 is 0 Å². The lowest BCUT2D eigenvalue weighted by Gasteiger charge is -2.15. The number of allylic oxidation sites excluding steroid dienone is 5. The van der Waals surface area contributed by atoms with Crippen molar-refractivity contribution in [3.63, 3.8) is 0 Å². The van der Waals surface area contributed by atoms with Crippen LogP contribution in [0, 0.1) is 0 Å². The number of esters is 1. The Hall–Kier alpha value is -2.94. The smallest absolute Gasteiger partial charge is 0.328 e. The maximum Gasteiger partial charge on any atom is 0.328 e. The second kappa shape index (κ2) is 39.7. The Morgan fingerprint density at radius 2 is 1.06 bits per heavy atom. The molecular formula is C45H80N2O7. The molecule has 0 fully saturated rings. The first-order valence-corrected chi connectivity index (χ1v) is 21.9. The Bertz CT molecular complexity index is 1010. The van der Waals surface area contributed by atoms with Gasteiger partial charge in [-0.05, 0) is 76.7 Å². The van der Waals surface area contributed by atoms with Crippen LogP contribution in [0.4, 0.5) is 0 Å². The van der Waals surface area contributed by atoms with Crippen molar-refractivity contribution in [2.45, 2.75) is 212 Å². The highest BCUT2D eigenvalue weighted by molar-refractivity contribution is 5.87. The van der Waals surface area contributed by atoms with Crippen LogP contribution in [-0.2, 0) is 23.9 Å². The third kappa shape index (κ3) is 36.1. The van der Waals surface area contributed by atoms with Crippen LogP contribution in [0.2, 0.25) is 0 Å². The van der Waals surface area contributed by atoms with Gasteiger partial charge in [0.05, 0.1) is 13.2 Å². The maximum atomic E-state index is 12.7. The summed E-state index contributed by atoms with van der Waals surface area (Å²) in [6.07, 6.45) is 44.7. The fourth-order valence-corrected chi connectivity index (χ4v) is 6.18. The second-order valence-corrected chi connectivity index (χ2v) is 14.8. The van der Waals surface area contributed by atoms with Gasteiger partial charge in [0.1, 0.15) is 12.1 Å². The van der Waals surface area contributed by atoms with E-state index in [0.29, 0.717) is 19.3 Å². The summed E-state index contributed by atoms with van der Waals surface area (Å²) in [7, 11) is 0. The number of carboxylic acids is 1. The molecule has 0 heterocycles. The highest BCUT2D eigenvalue weighted by Gasteiger charge is 2.18. The van der Waals surface area contributed by atoms with Crippen molar-refractivity contribution >= 4 is 23.8 Å². The summed E-state index contributed by atoms with van der Waals surface area (Å²) in [6.45, 7) is 3.46. The summed E-state index contributed by atoms with van der Waals surface area (Å²) >= 11 is 0. The number of amides is 2. The first-order chi connectivity index (χ1) is 26.3. The predicted molar refractivity (Wildman–Crippen MR) is 222 cm³/mol. The molecular weight excluding hydrogens is 681 g/mol. The van der Waals surface area contributed by atoms with Crippen molar-refractivity contribution in [2.75, 3.05) is 13.2 Å². The fraction of sp³-hybridized carbons (Fsp3) is 0.778. The third-order valence-corrected chi connectivity index (χ3v) is 9.59. The van der Waals surface area contributed by atoms with Gasteiger partial charge in [-0.25, -0.2) is 4.79 Å². The molecule has 0 aliphatic rings. The summed E-state index contributed by atoms with van der Waals surface area (Å²) in [5.74, 6) is -2.34. The van der Waals surface area contributed by atoms with Gasteiger partial charge in [0.25, 0.3) is 0 Å². The van der Waals surface area contributed by atoms with Gasteiger partial charge in [0, 0.05) is 12.8 Å². The van der Waals surface area contributed by atoms with Crippen molar-refractivity contribution in [1.82, 2.24) is 10.6 Å². The zero-order valence-corrected chi connectivity index (χ0v) is 34.5. The quantitative estimate of drug-likeness (QED) is 0.0277. The zero-order chi connectivity index (χ0) is 39.7. The molecule has 0 aliphatic carbocycles. The molecule has 0 radical (unpaired) electrons. The van der Waals surface area contributed by atoms with Crippen molar-refractivity contribution in [3.05, 3.63) is 36.5 Å². The van der Waals surface area contributed by atoms with Crippen LogP contribution in [0.25, 0.3) is 0 Å². The van der Waals surface area contributed by atoms with E-state index >= 15 is 0 Å². The topological polar surface area (TPSA) is 142 Å². The summed E-state index contributed by atoms with van der Waals surface area (Å²) in [5.41, 5.74) is 0. The molecule has 9 nitrogen and oxygen atoms in total. The lowest BCUT2D eigenvalue weighted by atomic mass is 10.0. The molecule has 0 aromatic carbocycles. The molecule has 312 valence electrons. The number of carbonyl (C=O) groups is 4. The molecule has 2 amide bonds. The minimum absolute atomic E-state index is 0.0900. The molecule has 2 atom stereocenters. The number of nitrogens with one attached hydrogen (secondary N) is 2. The van der Waals surface area contributed by atoms with Crippen LogP contribution in [-0.4, -0.2) is 59.3 Å². The van der Waals surface area contributed by atoms with E-state index in [4.69, 9.17) is 14.9 Å². The van der Waals surface area contributed by atoms with E-state index < -0.39 is 24.5 Å². The number of hydrogen-bond donors (Lipinski definition) is 4. The number of hydrogen-bond acceptors (Lipinski definition) is 6. The van der Waals surface area contributed by atoms with E-state index in [9.17, 15) is 19.2 Å². The van der Waals surface area contributed by atoms with Crippen molar-refractivity contribution < 1.29 is 34.1 Å². The Balaban J connectivity index is 4.28. The number of aliphatic carboxylic acids is 1. The molecule has 0 rings (SSSR count). The normalized spacial score (nSPS) is 12.8. The Kier molecular flexibility index (Phi) is 37.6. The average Bonchev–Trinajstić information content (AvgIpc) is 3.15. The molecule has 0 saturated heterocycles. The van der Waals surface area contributed by atoms with Gasteiger partial charge >= 0.3 is 11.9 Å². The molecule has 9 heteroatoms. The van der Waals surface area contributed by atoms with E-state index in [1.54, 1.807) is 0 Å². The van der Waals surface area contributed by atoms with Gasteiger partial charge in [0.15, 0.2) is 0 Å². The minimum atomic E-state index is -1.38. The lowest BCUT2D eigenvalue weighted by molar-refractivity contribution is -0.147. The molecule has 0 aromatic rings. The predicted octanol–water partition coefficient (Wildman–Crippen LogP) is 10.6. The Labute approximate surface area is 329 Å². The number of unbranched alkanes of at least 4 members (excludes halogenated alkanes) is 21. The van der Waals surface area contributed by atoms with E-state index in [2.05, 4.69) is 60.9 Å². The van der Waals surface area contributed by atoms with Gasteiger partial charge in [-0.2, -0.15) is 0 Å². The summed E-state index contributed by atoms with van der Waals surface area (Å²) in [6, 6.07) is -1.38. The SMILES string of the molecule is CCCCCC/C=C\C/C=C\CCCCCCCC(=O)OC(/C=C\CCCCCCCCC)CCCCCCCCC(=O)NCC(=O)NC(CO)C(=O)O.